The quantitative estimate of drug-likeness (QED) is 0.387. The molecule has 6 heteroatoms. The summed E-state index contributed by atoms with van der Waals surface area (Å²) in [6, 6.07) is 18.8. The van der Waals surface area contributed by atoms with Gasteiger partial charge in [0, 0.05) is 11.1 Å². The van der Waals surface area contributed by atoms with Crippen LogP contribution >= 0.6 is 0 Å². The van der Waals surface area contributed by atoms with Crippen molar-refractivity contribution in [3.8, 4) is 0 Å². The molecule has 0 saturated carbocycles. The Balaban J connectivity index is 1.60. The number of carbonyl (C=O) groups excluding carboxylic acids is 2. The molecule has 0 radical (unpaired) electrons. The van der Waals surface area contributed by atoms with Gasteiger partial charge in [0.15, 0.2) is 11.5 Å². The van der Waals surface area contributed by atoms with Crippen molar-refractivity contribution in [1.29, 1.82) is 0 Å². The molecule has 1 atom stereocenters. The number of carbonyl (C=O) groups is 2. The number of aliphatic hydroxyl groups is 1. The predicted octanol–water partition coefficient (Wildman–Crippen LogP) is 6.11. The van der Waals surface area contributed by atoms with Crippen LogP contribution in [-0.4, -0.2) is 16.8 Å². The van der Waals surface area contributed by atoms with Gasteiger partial charge in [-0.1, -0.05) is 51.1 Å². The number of anilines is 1. The second kappa shape index (κ2) is 7.52. The average Bonchev–Trinajstić information content (AvgIpc) is 3.52. The number of furan rings is 2. The number of nitrogens with zero attached hydrogens (tertiary/aromatic N) is 1. The van der Waals surface area contributed by atoms with Crippen molar-refractivity contribution in [2.45, 2.75) is 32.2 Å². The Bertz CT molecular complexity index is 1350. The summed E-state index contributed by atoms with van der Waals surface area (Å²) < 4.78 is 11.3. The molecule has 0 fully saturated rings. The summed E-state index contributed by atoms with van der Waals surface area (Å²) in [5.41, 5.74) is 2.07. The van der Waals surface area contributed by atoms with Gasteiger partial charge in [0.1, 0.15) is 17.4 Å². The van der Waals surface area contributed by atoms with Crippen LogP contribution in [0.25, 0.3) is 11.0 Å². The van der Waals surface area contributed by atoms with Crippen LogP contribution in [0.15, 0.2) is 93.2 Å². The van der Waals surface area contributed by atoms with E-state index < -0.39 is 23.5 Å². The zero-order valence-corrected chi connectivity index (χ0v) is 18.5. The summed E-state index contributed by atoms with van der Waals surface area (Å²) in [5, 5.41) is 11.6. The monoisotopic (exact) mass is 441 g/mol. The molecule has 33 heavy (non-hydrogen) atoms. The fraction of sp³-hybridized carbons (Fsp3) is 0.185. The second-order valence-electron chi connectivity index (χ2n) is 9.13. The molecular weight excluding hydrogens is 418 g/mol. The van der Waals surface area contributed by atoms with E-state index in [-0.39, 0.29) is 16.7 Å². The molecule has 1 amide bonds. The lowest BCUT2D eigenvalue weighted by molar-refractivity contribution is -0.117. The van der Waals surface area contributed by atoms with Gasteiger partial charge in [-0.2, -0.15) is 0 Å². The van der Waals surface area contributed by atoms with Crippen LogP contribution in [0.3, 0.4) is 0 Å². The van der Waals surface area contributed by atoms with Crippen LogP contribution in [0.4, 0.5) is 5.69 Å². The standard InChI is InChI=1S/C27H23NO5/c1-27(2,3)17-10-12-18(13-11-17)28-23(20-9-6-14-32-20)22(25(30)26(28)31)24(29)21-15-16-7-4-5-8-19(16)33-21/h4-15,23,30H,1-3H3. The van der Waals surface area contributed by atoms with Crippen molar-refractivity contribution in [2.24, 2.45) is 0 Å². The van der Waals surface area contributed by atoms with Crippen LogP contribution in [-0.2, 0) is 10.2 Å². The summed E-state index contributed by atoms with van der Waals surface area (Å²) in [5.74, 6) is -1.42. The first-order valence-electron chi connectivity index (χ1n) is 10.7. The van der Waals surface area contributed by atoms with E-state index in [2.05, 4.69) is 20.8 Å². The summed E-state index contributed by atoms with van der Waals surface area (Å²) in [4.78, 5) is 28.1. The lowest BCUT2D eigenvalue weighted by Gasteiger charge is -2.26. The molecule has 1 unspecified atom stereocenters. The molecule has 0 bridgehead atoms. The van der Waals surface area contributed by atoms with Gasteiger partial charge in [0.2, 0.25) is 5.78 Å². The molecule has 6 nitrogen and oxygen atoms in total. The molecule has 0 saturated heterocycles. The Morgan fingerprint density at radius 2 is 1.73 bits per heavy atom. The van der Waals surface area contributed by atoms with E-state index in [1.807, 2.05) is 42.5 Å². The zero-order valence-electron chi connectivity index (χ0n) is 18.5. The highest BCUT2D eigenvalue weighted by Gasteiger charge is 2.46. The maximum absolute atomic E-state index is 13.5. The third-order valence-electron chi connectivity index (χ3n) is 5.93. The van der Waals surface area contributed by atoms with Crippen molar-refractivity contribution < 1.29 is 23.5 Å². The highest BCUT2D eigenvalue weighted by molar-refractivity contribution is 6.20. The van der Waals surface area contributed by atoms with E-state index in [9.17, 15) is 14.7 Å². The normalized spacial score (nSPS) is 16.8. The predicted molar refractivity (Wildman–Crippen MR) is 124 cm³/mol. The number of benzene rings is 2. The van der Waals surface area contributed by atoms with E-state index >= 15 is 0 Å². The van der Waals surface area contributed by atoms with Crippen LogP contribution in [0.1, 0.15) is 48.7 Å². The van der Waals surface area contributed by atoms with Gasteiger partial charge >= 0.3 is 0 Å². The Kier molecular flexibility index (Phi) is 4.74. The number of ketones is 1. The first-order chi connectivity index (χ1) is 15.8. The molecule has 3 heterocycles. The van der Waals surface area contributed by atoms with Gasteiger partial charge in [-0.15, -0.1) is 0 Å². The number of amides is 1. The molecule has 1 aliphatic heterocycles. The Morgan fingerprint density at radius 1 is 1.00 bits per heavy atom. The number of Topliss-reactive ketones (excluding diaryl/α,β-unsaturated/α-hetero) is 1. The number of para-hydroxylation sites is 1. The molecule has 4 aromatic rings. The van der Waals surface area contributed by atoms with Crippen LogP contribution in [0.5, 0.6) is 0 Å². The molecule has 166 valence electrons. The minimum Gasteiger partial charge on any atom is -0.503 e. The van der Waals surface area contributed by atoms with Crippen LogP contribution < -0.4 is 4.90 Å². The number of fused-ring (bicyclic) bond motifs is 1. The molecule has 2 aromatic heterocycles. The SMILES string of the molecule is CC(C)(C)c1ccc(N2C(=O)C(O)=C(C(=O)c3cc4ccccc4o3)C2c2ccco2)cc1. The number of aliphatic hydroxyl groups excluding tert-OH is 1. The highest BCUT2D eigenvalue weighted by Crippen LogP contribution is 2.42. The zero-order chi connectivity index (χ0) is 23.3. The fourth-order valence-corrected chi connectivity index (χ4v) is 4.17. The maximum Gasteiger partial charge on any atom is 0.294 e. The van der Waals surface area contributed by atoms with Gasteiger partial charge in [0.05, 0.1) is 11.8 Å². The Labute approximate surface area is 190 Å². The van der Waals surface area contributed by atoms with E-state index in [1.165, 1.54) is 11.2 Å². The smallest absolute Gasteiger partial charge is 0.294 e. The lowest BCUT2D eigenvalue weighted by atomic mass is 9.87. The third kappa shape index (κ3) is 3.44. The molecule has 1 N–H and O–H groups in total. The average molecular weight is 441 g/mol. The summed E-state index contributed by atoms with van der Waals surface area (Å²) in [6.45, 7) is 6.31. The van der Waals surface area contributed by atoms with Crippen LogP contribution in [0.2, 0.25) is 0 Å². The fourth-order valence-electron chi connectivity index (χ4n) is 4.17. The topological polar surface area (TPSA) is 83.9 Å². The molecule has 0 aliphatic carbocycles. The van der Waals surface area contributed by atoms with Crippen molar-refractivity contribution in [3.63, 3.8) is 0 Å². The van der Waals surface area contributed by atoms with Crippen molar-refractivity contribution >= 4 is 28.3 Å². The lowest BCUT2D eigenvalue weighted by Crippen LogP contribution is -2.30. The van der Waals surface area contributed by atoms with E-state index in [1.54, 1.807) is 24.3 Å². The van der Waals surface area contributed by atoms with Crippen LogP contribution in [0, 0.1) is 0 Å². The van der Waals surface area contributed by atoms with Gasteiger partial charge in [-0.05, 0) is 47.4 Å². The third-order valence-corrected chi connectivity index (χ3v) is 5.93. The summed E-state index contributed by atoms with van der Waals surface area (Å²) in [7, 11) is 0. The second-order valence-corrected chi connectivity index (χ2v) is 9.13. The minimum atomic E-state index is -0.923. The van der Waals surface area contributed by atoms with Gasteiger partial charge in [-0.3, -0.25) is 14.5 Å². The highest BCUT2D eigenvalue weighted by atomic mass is 16.3. The summed E-state index contributed by atoms with van der Waals surface area (Å²) >= 11 is 0. The molecule has 1 aliphatic rings. The van der Waals surface area contributed by atoms with Crippen molar-refractivity contribution in [2.75, 3.05) is 4.90 Å². The Hall–Kier alpha value is -4.06. The summed E-state index contributed by atoms with van der Waals surface area (Å²) in [6.07, 6.45) is 1.47. The molecule has 5 rings (SSSR count). The van der Waals surface area contributed by atoms with Gasteiger partial charge in [-0.25, -0.2) is 0 Å². The number of hydrogen-bond acceptors (Lipinski definition) is 5. The molecule has 0 spiro atoms. The first-order valence-corrected chi connectivity index (χ1v) is 10.7. The maximum atomic E-state index is 13.5. The first kappa shape index (κ1) is 20.8. The molecular formula is C27H23NO5. The number of hydrogen-bond donors (Lipinski definition) is 1. The number of rotatable bonds is 4. The van der Waals surface area contributed by atoms with E-state index in [0.717, 1.165) is 10.9 Å². The largest absolute Gasteiger partial charge is 0.503 e. The van der Waals surface area contributed by atoms with Gasteiger partial charge < -0.3 is 13.9 Å². The minimum absolute atomic E-state index is 0.0482. The van der Waals surface area contributed by atoms with Crippen molar-refractivity contribution in [1.82, 2.24) is 0 Å². The van der Waals surface area contributed by atoms with E-state index in [4.69, 9.17) is 8.83 Å². The Morgan fingerprint density at radius 3 is 2.36 bits per heavy atom. The van der Waals surface area contributed by atoms with E-state index in [0.29, 0.717) is 17.0 Å². The van der Waals surface area contributed by atoms with Crippen molar-refractivity contribution in [3.05, 3.63) is 101 Å². The molecule has 2 aromatic carbocycles. The van der Waals surface area contributed by atoms with Gasteiger partial charge in [0.25, 0.3) is 5.91 Å².